The van der Waals surface area contributed by atoms with E-state index in [0.717, 1.165) is 30.4 Å². The molecule has 1 fully saturated rings. The molecule has 7 heteroatoms. The minimum atomic E-state index is -3.64. The molecule has 0 N–H and O–H groups in total. The van der Waals surface area contributed by atoms with E-state index in [1.165, 1.54) is 28.3 Å². The summed E-state index contributed by atoms with van der Waals surface area (Å²) < 4.78 is 42.1. The molecule has 3 aromatic carbocycles. The molecule has 5 nitrogen and oxygen atoms in total. The van der Waals surface area contributed by atoms with E-state index in [0.29, 0.717) is 6.42 Å². The molecule has 188 valence electrons. The highest BCUT2D eigenvalue weighted by atomic mass is 19.3. The third-order valence-electron chi connectivity index (χ3n) is 7.96. The maximum Gasteiger partial charge on any atom is 0.586 e. The first-order valence-corrected chi connectivity index (χ1v) is 12.7. The molecule has 3 aromatic rings. The van der Waals surface area contributed by atoms with E-state index in [1.807, 2.05) is 29.2 Å². The Bertz CT molecular complexity index is 1390. The van der Waals surface area contributed by atoms with Gasteiger partial charge >= 0.3 is 12.4 Å². The zero-order chi connectivity index (χ0) is 25.1. The Kier molecular flexibility index (Phi) is 5.03. The predicted molar refractivity (Wildman–Crippen MR) is 134 cm³/mol. The van der Waals surface area contributed by atoms with Crippen molar-refractivity contribution in [1.82, 2.24) is 4.90 Å². The van der Waals surface area contributed by atoms with Gasteiger partial charge in [-0.15, -0.1) is 8.78 Å². The molecule has 2 unspecified atom stereocenters. The van der Waals surface area contributed by atoms with Crippen LogP contribution < -0.4 is 9.47 Å². The first-order chi connectivity index (χ1) is 18.0. The van der Waals surface area contributed by atoms with Crippen molar-refractivity contribution in [1.29, 1.82) is 0 Å². The lowest BCUT2D eigenvalue weighted by Gasteiger charge is -2.44. The molecule has 2 atom stereocenters. The summed E-state index contributed by atoms with van der Waals surface area (Å²) >= 11 is 0. The normalized spacial score (nSPS) is 22.8. The number of hydrogen-bond acceptors (Lipinski definition) is 4. The summed E-state index contributed by atoms with van der Waals surface area (Å²) in [6.45, 7) is 0.287. The molecule has 0 aromatic heterocycles. The number of fused-ring (bicyclic) bond motifs is 6. The number of halogens is 2. The molecule has 2 bridgehead atoms. The van der Waals surface area contributed by atoms with Crippen molar-refractivity contribution >= 4 is 11.7 Å². The number of piperidine rings is 1. The van der Waals surface area contributed by atoms with Gasteiger partial charge in [-0.1, -0.05) is 60.7 Å². The van der Waals surface area contributed by atoms with Crippen LogP contribution in [0.1, 0.15) is 48.3 Å². The van der Waals surface area contributed by atoms with E-state index in [1.54, 1.807) is 12.1 Å². The molecule has 0 radical (unpaired) electrons. The van der Waals surface area contributed by atoms with Crippen molar-refractivity contribution in [3.8, 4) is 22.6 Å². The zero-order valence-corrected chi connectivity index (χ0v) is 20.0. The summed E-state index contributed by atoms with van der Waals surface area (Å²) in [5, 5.41) is 0. The number of carbonyl (C=O) groups is 1. The number of hydrogen-bond donors (Lipinski definition) is 0. The van der Waals surface area contributed by atoms with Crippen LogP contribution in [0, 0.1) is 0 Å². The van der Waals surface area contributed by atoms with Crippen molar-refractivity contribution in [3.05, 3.63) is 89.5 Å². The van der Waals surface area contributed by atoms with E-state index in [4.69, 9.17) is 4.74 Å². The quantitative estimate of drug-likeness (QED) is 0.389. The van der Waals surface area contributed by atoms with Crippen LogP contribution >= 0.6 is 0 Å². The fraction of sp³-hybridized carbons (Fsp3) is 0.300. The van der Waals surface area contributed by atoms with Crippen LogP contribution in [0.3, 0.4) is 0 Å². The molecule has 7 rings (SSSR count). The molecular weight excluding hydrogens is 476 g/mol. The van der Waals surface area contributed by atoms with Crippen LogP contribution in [0.25, 0.3) is 16.7 Å². The molecule has 1 saturated heterocycles. The van der Waals surface area contributed by atoms with Gasteiger partial charge in [-0.2, -0.15) is 0 Å². The van der Waals surface area contributed by atoms with E-state index in [-0.39, 0.29) is 42.2 Å². The predicted octanol–water partition coefficient (Wildman–Crippen LogP) is 6.97. The monoisotopic (exact) mass is 501 g/mol. The van der Waals surface area contributed by atoms with Crippen LogP contribution in [-0.4, -0.2) is 36.0 Å². The average Bonchev–Trinajstić information content (AvgIpc) is 3.38. The van der Waals surface area contributed by atoms with Crippen LogP contribution in [0.5, 0.6) is 11.5 Å². The highest BCUT2D eigenvalue weighted by Gasteiger charge is 2.44. The molecular formula is C30H25F2NO4. The average molecular weight is 502 g/mol. The first kappa shape index (κ1) is 22.3. The summed E-state index contributed by atoms with van der Waals surface area (Å²) in [7, 11) is 0. The third kappa shape index (κ3) is 3.76. The summed E-state index contributed by atoms with van der Waals surface area (Å²) in [6, 6.07) is 21.4. The maximum atomic E-state index is 13.5. The number of ether oxygens (including phenoxy) is 3. The Balaban J connectivity index is 1.10. The van der Waals surface area contributed by atoms with Crippen LogP contribution in [0.4, 0.5) is 13.6 Å². The highest BCUT2D eigenvalue weighted by molar-refractivity contribution is 5.79. The van der Waals surface area contributed by atoms with Crippen molar-refractivity contribution in [2.24, 2.45) is 0 Å². The summed E-state index contributed by atoms with van der Waals surface area (Å²) in [6.07, 6.45) is 1.52. The molecule has 1 amide bonds. The zero-order valence-electron chi connectivity index (χ0n) is 20.0. The van der Waals surface area contributed by atoms with Gasteiger partial charge in [0.25, 0.3) is 0 Å². The lowest BCUT2D eigenvalue weighted by Crippen LogP contribution is -2.51. The van der Waals surface area contributed by atoms with E-state index < -0.39 is 6.29 Å². The van der Waals surface area contributed by atoms with Crippen molar-refractivity contribution in [2.45, 2.75) is 50.0 Å². The Morgan fingerprint density at radius 3 is 2.38 bits per heavy atom. The van der Waals surface area contributed by atoms with Crippen LogP contribution in [-0.2, 0) is 4.74 Å². The lowest BCUT2D eigenvalue weighted by atomic mass is 9.83. The van der Waals surface area contributed by atoms with E-state index in [2.05, 4.69) is 39.8 Å². The second-order valence-electron chi connectivity index (χ2n) is 10.1. The fourth-order valence-corrected chi connectivity index (χ4v) is 6.35. The Morgan fingerprint density at radius 1 is 0.946 bits per heavy atom. The third-order valence-corrected chi connectivity index (χ3v) is 7.96. The van der Waals surface area contributed by atoms with Crippen molar-refractivity contribution in [2.75, 3.05) is 6.61 Å². The molecule has 3 heterocycles. The summed E-state index contributed by atoms with van der Waals surface area (Å²) in [5.41, 5.74) is 6.60. The Labute approximate surface area is 213 Å². The first-order valence-electron chi connectivity index (χ1n) is 12.7. The van der Waals surface area contributed by atoms with Crippen molar-refractivity contribution < 1.29 is 27.8 Å². The second kappa shape index (κ2) is 8.33. The van der Waals surface area contributed by atoms with Gasteiger partial charge in [-0.25, -0.2) is 4.79 Å². The topological polar surface area (TPSA) is 48.0 Å². The number of carbonyl (C=O) groups excluding carboxylic acids is 1. The van der Waals surface area contributed by atoms with Gasteiger partial charge in [0.1, 0.15) is 6.61 Å². The van der Waals surface area contributed by atoms with E-state index >= 15 is 0 Å². The van der Waals surface area contributed by atoms with Crippen LogP contribution in [0.2, 0.25) is 0 Å². The van der Waals surface area contributed by atoms with Crippen LogP contribution in [0.15, 0.2) is 72.8 Å². The van der Waals surface area contributed by atoms with E-state index in [9.17, 15) is 13.6 Å². The fourth-order valence-electron chi connectivity index (χ4n) is 6.35. The number of nitrogens with zero attached hydrogens (tertiary/aromatic N) is 1. The van der Waals surface area contributed by atoms with Gasteiger partial charge < -0.3 is 14.2 Å². The Hall–Kier alpha value is -3.87. The maximum absolute atomic E-state index is 13.5. The highest BCUT2D eigenvalue weighted by Crippen LogP contribution is 2.46. The number of amides is 1. The molecule has 0 saturated carbocycles. The molecule has 37 heavy (non-hydrogen) atoms. The molecule has 4 aliphatic rings. The minimum Gasteiger partial charge on any atom is -0.448 e. The SMILES string of the molecule is O=C(OCC1c2ccccc2-c2ccccc21)N1C2C=C(c3ccc4c(c3)OC(F)(F)O4)CC1CCC2. The smallest absolute Gasteiger partial charge is 0.448 e. The standard InChI is InChI=1S/C30H25F2NO4/c31-30(32)36-27-13-12-18(16-28(27)37-30)19-14-20-6-5-7-21(15-19)33(20)29(34)35-17-26-24-10-3-1-8-22(24)23-9-2-4-11-25(23)26/h1-4,8-14,16,20-21,26H,5-7,15,17H2. The van der Waals surface area contributed by atoms with Crippen molar-refractivity contribution in [3.63, 3.8) is 0 Å². The Morgan fingerprint density at radius 2 is 1.65 bits per heavy atom. The van der Waals surface area contributed by atoms with Gasteiger partial charge in [-0.05, 0) is 71.2 Å². The minimum absolute atomic E-state index is 0.00117. The largest absolute Gasteiger partial charge is 0.586 e. The molecule has 1 aliphatic carbocycles. The van der Waals surface area contributed by atoms with Gasteiger partial charge in [0, 0.05) is 12.0 Å². The second-order valence-corrected chi connectivity index (χ2v) is 10.1. The number of benzene rings is 3. The van der Waals surface area contributed by atoms with Gasteiger partial charge in [-0.3, -0.25) is 4.90 Å². The summed E-state index contributed by atoms with van der Waals surface area (Å²) in [5.74, 6) is 0.0805. The number of alkyl halides is 2. The molecule has 0 spiro atoms. The molecule has 3 aliphatic heterocycles. The number of rotatable bonds is 3. The van der Waals surface area contributed by atoms with Gasteiger partial charge in [0.2, 0.25) is 0 Å². The van der Waals surface area contributed by atoms with Gasteiger partial charge in [0.05, 0.1) is 6.04 Å². The summed E-state index contributed by atoms with van der Waals surface area (Å²) in [4.78, 5) is 15.3. The van der Waals surface area contributed by atoms with Gasteiger partial charge in [0.15, 0.2) is 11.5 Å². The lowest BCUT2D eigenvalue weighted by molar-refractivity contribution is -0.286.